The highest BCUT2D eigenvalue weighted by Gasteiger charge is 2.31. The molecule has 1 fully saturated rings. The van der Waals surface area contributed by atoms with Crippen LogP contribution >= 0.6 is 0 Å². The minimum atomic E-state index is -1.12. The van der Waals surface area contributed by atoms with Crippen LogP contribution in [0.15, 0.2) is 24.3 Å². The Balaban J connectivity index is 1.79. The molecule has 0 unspecified atom stereocenters. The van der Waals surface area contributed by atoms with Gasteiger partial charge in [0.15, 0.2) is 6.10 Å². The molecule has 9 nitrogen and oxygen atoms in total. The number of benzene rings is 1. The highest BCUT2D eigenvalue weighted by Crippen LogP contribution is 2.12. The van der Waals surface area contributed by atoms with Gasteiger partial charge in [-0.05, 0) is 38.1 Å². The number of carbonyl (C=O) groups is 4. The van der Waals surface area contributed by atoms with E-state index in [0.717, 1.165) is 4.90 Å². The zero-order valence-electron chi connectivity index (χ0n) is 14.6. The second kappa shape index (κ2) is 8.84. The van der Waals surface area contributed by atoms with Crippen LogP contribution in [0.3, 0.4) is 0 Å². The third-order valence-electron chi connectivity index (χ3n) is 3.60. The van der Waals surface area contributed by atoms with Crippen molar-refractivity contribution in [2.45, 2.75) is 20.0 Å². The van der Waals surface area contributed by atoms with Gasteiger partial charge in [0.05, 0.1) is 6.61 Å². The second-order valence-electron chi connectivity index (χ2n) is 5.49. The minimum absolute atomic E-state index is 0.230. The molecule has 1 aliphatic rings. The van der Waals surface area contributed by atoms with Gasteiger partial charge in [0.25, 0.3) is 11.8 Å². The fraction of sp³-hybridized carbons (Fsp3) is 0.412. The number of hydrogen-bond donors (Lipinski definition) is 2. The second-order valence-corrected chi connectivity index (χ2v) is 5.49. The van der Waals surface area contributed by atoms with Gasteiger partial charge in [0, 0.05) is 18.7 Å². The predicted octanol–water partition coefficient (Wildman–Crippen LogP) is 0.299. The lowest BCUT2D eigenvalue weighted by molar-refractivity contribution is -0.156. The Bertz CT molecular complexity index is 688. The SMILES string of the molecule is CCOc1ccc(C(=O)NCC(=O)O[C@H](C)C(=O)N2CCNC2=O)cc1. The van der Waals surface area contributed by atoms with Crippen LogP contribution in [-0.2, 0) is 14.3 Å². The van der Waals surface area contributed by atoms with E-state index in [1.807, 2.05) is 6.92 Å². The summed E-state index contributed by atoms with van der Waals surface area (Å²) in [6, 6.07) is 5.94. The molecule has 4 amide bonds. The minimum Gasteiger partial charge on any atom is -0.494 e. The van der Waals surface area contributed by atoms with E-state index < -0.39 is 36.5 Å². The van der Waals surface area contributed by atoms with E-state index >= 15 is 0 Å². The van der Waals surface area contributed by atoms with Gasteiger partial charge in [-0.3, -0.25) is 19.3 Å². The summed E-state index contributed by atoms with van der Waals surface area (Å²) >= 11 is 0. The molecule has 2 N–H and O–H groups in total. The largest absolute Gasteiger partial charge is 0.494 e. The highest BCUT2D eigenvalue weighted by atomic mass is 16.5. The zero-order valence-corrected chi connectivity index (χ0v) is 14.6. The third-order valence-corrected chi connectivity index (χ3v) is 3.60. The average Bonchev–Trinajstić information content (AvgIpc) is 3.05. The normalized spacial score (nSPS) is 14.4. The molecule has 9 heteroatoms. The molecule has 140 valence electrons. The Kier molecular flexibility index (Phi) is 6.54. The molecule has 0 saturated carbocycles. The quantitative estimate of drug-likeness (QED) is 0.674. The van der Waals surface area contributed by atoms with Crippen molar-refractivity contribution in [2.75, 3.05) is 26.2 Å². The summed E-state index contributed by atoms with van der Waals surface area (Å²) in [6.45, 7) is 3.95. The van der Waals surface area contributed by atoms with E-state index in [2.05, 4.69) is 10.6 Å². The lowest BCUT2D eigenvalue weighted by atomic mass is 10.2. The van der Waals surface area contributed by atoms with Gasteiger partial charge in [-0.15, -0.1) is 0 Å². The molecule has 0 aromatic heterocycles. The van der Waals surface area contributed by atoms with Crippen molar-refractivity contribution >= 4 is 23.8 Å². The number of nitrogens with one attached hydrogen (secondary N) is 2. The van der Waals surface area contributed by atoms with Gasteiger partial charge < -0.3 is 20.1 Å². The van der Waals surface area contributed by atoms with Crippen molar-refractivity contribution in [3.8, 4) is 5.75 Å². The lowest BCUT2D eigenvalue weighted by Gasteiger charge is -2.18. The summed E-state index contributed by atoms with van der Waals surface area (Å²) in [7, 11) is 0. The first-order valence-electron chi connectivity index (χ1n) is 8.22. The first-order valence-corrected chi connectivity index (χ1v) is 8.22. The Morgan fingerprint density at radius 2 is 1.96 bits per heavy atom. The number of rotatable bonds is 7. The fourth-order valence-electron chi connectivity index (χ4n) is 2.31. The van der Waals surface area contributed by atoms with Gasteiger partial charge in [-0.1, -0.05) is 0 Å². The number of esters is 1. The van der Waals surface area contributed by atoms with Crippen molar-refractivity contribution in [1.82, 2.24) is 15.5 Å². The van der Waals surface area contributed by atoms with Crippen molar-refractivity contribution in [2.24, 2.45) is 0 Å². The predicted molar refractivity (Wildman–Crippen MR) is 90.6 cm³/mol. The molecule has 0 aliphatic carbocycles. The third kappa shape index (κ3) is 4.95. The number of amides is 4. The van der Waals surface area contributed by atoms with E-state index in [9.17, 15) is 19.2 Å². The smallest absolute Gasteiger partial charge is 0.326 e. The number of urea groups is 1. The molecule has 26 heavy (non-hydrogen) atoms. The number of carbonyl (C=O) groups excluding carboxylic acids is 4. The molecule has 2 rings (SSSR count). The summed E-state index contributed by atoms with van der Waals surface area (Å²) in [4.78, 5) is 48.2. The maximum absolute atomic E-state index is 12.0. The topological polar surface area (TPSA) is 114 Å². The van der Waals surface area contributed by atoms with E-state index in [0.29, 0.717) is 24.5 Å². The van der Waals surface area contributed by atoms with Crippen molar-refractivity contribution in [3.05, 3.63) is 29.8 Å². The molecule has 0 bridgehead atoms. The Morgan fingerprint density at radius 3 is 2.54 bits per heavy atom. The van der Waals surface area contributed by atoms with E-state index in [1.165, 1.54) is 6.92 Å². The van der Waals surface area contributed by atoms with Crippen molar-refractivity contribution in [3.63, 3.8) is 0 Å². The maximum atomic E-state index is 12.0. The molecule has 0 spiro atoms. The van der Waals surface area contributed by atoms with Crippen LogP contribution in [0.1, 0.15) is 24.2 Å². The monoisotopic (exact) mass is 363 g/mol. The number of imide groups is 1. The average molecular weight is 363 g/mol. The fourth-order valence-corrected chi connectivity index (χ4v) is 2.31. The molecule has 1 aromatic carbocycles. The molecule has 1 aliphatic heterocycles. The first kappa shape index (κ1) is 19.2. The molecule has 1 aromatic rings. The molecule has 1 atom stereocenters. The van der Waals surface area contributed by atoms with Crippen LogP contribution in [0.5, 0.6) is 5.75 Å². The summed E-state index contributed by atoms with van der Waals surface area (Å²) in [5.41, 5.74) is 0.360. The Labute approximate surface area is 150 Å². The molecule has 0 radical (unpaired) electrons. The zero-order chi connectivity index (χ0) is 19.1. The summed E-state index contributed by atoms with van der Waals surface area (Å²) in [5, 5.41) is 4.90. The van der Waals surface area contributed by atoms with Crippen LogP contribution < -0.4 is 15.4 Å². The Hall–Kier alpha value is -3.10. The molecular formula is C17H21N3O6. The maximum Gasteiger partial charge on any atom is 0.326 e. The van der Waals surface area contributed by atoms with Crippen molar-refractivity contribution in [1.29, 1.82) is 0 Å². The van der Waals surface area contributed by atoms with Gasteiger partial charge in [0.1, 0.15) is 12.3 Å². The van der Waals surface area contributed by atoms with Gasteiger partial charge >= 0.3 is 12.0 Å². The van der Waals surface area contributed by atoms with Gasteiger partial charge in [-0.2, -0.15) is 0 Å². The van der Waals surface area contributed by atoms with Crippen molar-refractivity contribution < 1.29 is 28.7 Å². The standard InChI is InChI=1S/C17H21N3O6/c1-3-25-13-6-4-12(5-7-13)15(22)19-10-14(21)26-11(2)16(23)20-9-8-18-17(20)24/h4-7,11H,3,8-10H2,1-2H3,(H,18,24)(H,19,22)/t11-/m1/s1. The summed E-state index contributed by atoms with van der Waals surface area (Å²) in [5.74, 6) is -1.19. The van der Waals surface area contributed by atoms with Crippen LogP contribution in [0, 0.1) is 0 Å². The van der Waals surface area contributed by atoms with Crippen LogP contribution in [-0.4, -0.2) is 61.1 Å². The highest BCUT2D eigenvalue weighted by molar-refractivity contribution is 5.99. The number of nitrogens with zero attached hydrogens (tertiary/aromatic N) is 1. The lowest BCUT2D eigenvalue weighted by Crippen LogP contribution is -2.43. The van der Waals surface area contributed by atoms with Crippen LogP contribution in [0.4, 0.5) is 4.79 Å². The molecule has 1 saturated heterocycles. The summed E-state index contributed by atoms with van der Waals surface area (Å²) < 4.78 is 10.2. The molecular weight excluding hydrogens is 342 g/mol. The van der Waals surface area contributed by atoms with Gasteiger partial charge in [0.2, 0.25) is 0 Å². The number of ether oxygens (including phenoxy) is 2. The van der Waals surface area contributed by atoms with E-state index in [4.69, 9.17) is 9.47 Å². The first-order chi connectivity index (χ1) is 12.4. The molecule has 1 heterocycles. The van der Waals surface area contributed by atoms with E-state index in [-0.39, 0.29) is 6.54 Å². The van der Waals surface area contributed by atoms with E-state index in [1.54, 1.807) is 24.3 Å². The van der Waals surface area contributed by atoms with Crippen LogP contribution in [0.25, 0.3) is 0 Å². The van der Waals surface area contributed by atoms with Gasteiger partial charge in [-0.25, -0.2) is 4.79 Å². The van der Waals surface area contributed by atoms with Crippen LogP contribution in [0.2, 0.25) is 0 Å². The Morgan fingerprint density at radius 1 is 1.27 bits per heavy atom. The number of hydrogen-bond acceptors (Lipinski definition) is 6. The summed E-state index contributed by atoms with van der Waals surface area (Å²) in [6.07, 6.45) is -1.12.